The zero-order valence-corrected chi connectivity index (χ0v) is 24.2. The van der Waals surface area contributed by atoms with E-state index >= 15 is 0 Å². The van der Waals surface area contributed by atoms with Crippen LogP contribution >= 0.6 is 0 Å². The largest absolute Gasteiger partial charge is 0.493 e. The molecule has 3 N–H and O–H groups in total. The van der Waals surface area contributed by atoms with Crippen LogP contribution < -0.4 is 20.1 Å². The van der Waals surface area contributed by atoms with Crippen molar-refractivity contribution in [1.82, 2.24) is 15.4 Å². The SMILES string of the molecule is CC(C)(C)NCc1ccc2c(c1)OCC[C@H]2NC(=O)C[C@H](NS(=O)(=O)c1cccc(C(F)(F)F)c1)c1ccc(F)cc1. The number of rotatable bonds is 9. The number of amides is 1. The highest BCUT2D eigenvalue weighted by molar-refractivity contribution is 7.89. The number of hydrogen-bond acceptors (Lipinski definition) is 5. The minimum absolute atomic E-state index is 0.0724. The summed E-state index contributed by atoms with van der Waals surface area (Å²) in [6, 6.07) is 12.3. The standard InChI is InChI=1S/C30H33F4N3O4S/c1-29(2,3)35-18-19-7-12-24-25(13-14-41-27(24)15-19)36-28(38)17-26(20-8-10-22(31)11-9-20)37-42(39,40)23-6-4-5-21(16-23)30(32,33)34/h4-12,15-16,25-26,35,37H,13-14,17-18H2,1-3H3,(H,36,38)/t25-,26+/m1/s1. The van der Waals surface area contributed by atoms with E-state index in [9.17, 15) is 30.8 Å². The third-order valence-corrected chi connectivity index (χ3v) is 8.18. The van der Waals surface area contributed by atoms with Gasteiger partial charge in [0.15, 0.2) is 0 Å². The number of carbonyl (C=O) groups is 1. The molecule has 0 radical (unpaired) electrons. The molecule has 3 aromatic carbocycles. The average molecular weight is 608 g/mol. The third kappa shape index (κ3) is 8.30. The Morgan fingerprint density at radius 1 is 1.02 bits per heavy atom. The Labute approximate surface area is 242 Å². The number of alkyl halides is 3. The Bertz CT molecular complexity index is 1520. The zero-order chi connectivity index (χ0) is 30.7. The van der Waals surface area contributed by atoms with E-state index in [0.29, 0.717) is 31.4 Å². The second kappa shape index (κ2) is 12.4. The number of ether oxygens (including phenoxy) is 1. The fraction of sp³-hybridized carbons (Fsp3) is 0.367. The molecule has 0 unspecified atom stereocenters. The molecule has 1 aliphatic heterocycles. The molecule has 1 amide bonds. The maximum Gasteiger partial charge on any atom is 0.416 e. The van der Waals surface area contributed by atoms with Gasteiger partial charge in [-0.2, -0.15) is 13.2 Å². The molecule has 226 valence electrons. The summed E-state index contributed by atoms with van der Waals surface area (Å²) < 4.78 is 87.7. The minimum atomic E-state index is -4.74. The highest BCUT2D eigenvalue weighted by Crippen LogP contribution is 2.34. The van der Waals surface area contributed by atoms with Crippen LogP contribution in [0.2, 0.25) is 0 Å². The monoisotopic (exact) mass is 607 g/mol. The summed E-state index contributed by atoms with van der Waals surface area (Å²) in [6.45, 7) is 7.17. The van der Waals surface area contributed by atoms with Gasteiger partial charge in [-0.1, -0.05) is 30.3 Å². The lowest BCUT2D eigenvalue weighted by atomic mass is 9.97. The molecule has 4 rings (SSSR count). The maximum atomic E-state index is 13.6. The van der Waals surface area contributed by atoms with Crippen molar-refractivity contribution in [3.63, 3.8) is 0 Å². The smallest absolute Gasteiger partial charge is 0.416 e. The van der Waals surface area contributed by atoms with Gasteiger partial charge in [0.1, 0.15) is 11.6 Å². The second-order valence-corrected chi connectivity index (χ2v) is 12.9. The summed E-state index contributed by atoms with van der Waals surface area (Å²) in [5.41, 5.74) is 0.854. The van der Waals surface area contributed by atoms with E-state index in [2.05, 4.69) is 36.1 Å². The predicted molar refractivity (Wildman–Crippen MR) is 150 cm³/mol. The van der Waals surface area contributed by atoms with Crippen LogP contribution in [0.3, 0.4) is 0 Å². The van der Waals surface area contributed by atoms with Crippen molar-refractivity contribution in [2.75, 3.05) is 6.61 Å². The molecule has 2 atom stereocenters. The van der Waals surface area contributed by atoms with Crippen molar-refractivity contribution in [2.45, 2.75) is 68.9 Å². The van der Waals surface area contributed by atoms with Crippen LogP contribution in [0.4, 0.5) is 17.6 Å². The van der Waals surface area contributed by atoms with E-state index in [4.69, 9.17) is 4.74 Å². The first-order chi connectivity index (χ1) is 19.6. The van der Waals surface area contributed by atoms with Crippen molar-refractivity contribution >= 4 is 15.9 Å². The van der Waals surface area contributed by atoms with Gasteiger partial charge in [0.05, 0.1) is 29.1 Å². The Balaban J connectivity index is 1.53. The Kier molecular flexibility index (Phi) is 9.29. The third-order valence-electron chi connectivity index (χ3n) is 6.71. The van der Waals surface area contributed by atoms with Gasteiger partial charge >= 0.3 is 6.18 Å². The van der Waals surface area contributed by atoms with Crippen molar-refractivity contribution < 1.29 is 35.5 Å². The van der Waals surface area contributed by atoms with Gasteiger partial charge in [-0.15, -0.1) is 0 Å². The molecule has 1 aliphatic rings. The van der Waals surface area contributed by atoms with Gasteiger partial charge in [-0.3, -0.25) is 4.79 Å². The van der Waals surface area contributed by atoms with Gasteiger partial charge in [-0.25, -0.2) is 17.5 Å². The number of carbonyl (C=O) groups excluding carboxylic acids is 1. The molecule has 7 nitrogen and oxygen atoms in total. The number of sulfonamides is 1. The first-order valence-electron chi connectivity index (χ1n) is 13.4. The Hall–Kier alpha value is -3.48. The molecule has 0 saturated carbocycles. The molecule has 0 spiro atoms. The molecule has 3 aromatic rings. The van der Waals surface area contributed by atoms with Crippen LogP contribution in [0.25, 0.3) is 0 Å². The molecule has 0 aromatic heterocycles. The average Bonchev–Trinajstić information content (AvgIpc) is 2.91. The highest BCUT2D eigenvalue weighted by Gasteiger charge is 2.33. The van der Waals surface area contributed by atoms with Gasteiger partial charge in [0.2, 0.25) is 15.9 Å². The lowest BCUT2D eigenvalue weighted by Crippen LogP contribution is -2.37. The maximum absolute atomic E-state index is 13.6. The predicted octanol–water partition coefficient (Wildman–Crippen LogP) is 5.78. The molecule has 42 heavy (non-hydrogen) atoms. The summed E-state index contributed by atoms with van der Waals surface area (Å²) in [5.74, 6) is -0.439. The van der Waals surface area contributed by atoms with E-state index in [-0.39, 0.29) is 17.5 Å². The fourth-order valence-electron chi connectivity index (χ4n) is 4.52. The van der Waals surface area contributed by atoms with Gasteiger partial charge in [0, 0.05) is 30.5 Å². The van der Waals surface area contributed by atoms with Crippen LogP contribution in [0.1, 0.15) is 68.0 Å². The molecule has 0 bridgehead atoms. The summed E-state index contributed by atoms with van der Waals surface area (Å²) in [7, 11) is -4.50. The van der Waals surface area contributed by atoms with E-state index in [1.807, 2.05) is 18.2 Å². The second-order valence-electron chi connectivity index (χ2n) is 11.2. The zero-order valence-electron chi connectivity index (χ0n) is 23.4. The molecule has 1 heterocycles. The van der Waals surface area contributed by atoms with E-state index < -0.39 is 50.5 Å². The van der Waals surface area contributed by atoms with E-state index in [0.717, 1.165) is 41.5 Å². The van der Waals surface area contributed by atoms with Crippen molar-refractivity contribution in [3.05, 3.63) is 94.8 Å². The van der Waals surface area contributed by atoms with Crippen molar-refractivity contribution in [2.24, 2.45) is 0 Å². The summed E-state index contributed by atoms with van der Waals surface area (Å²) >= 11 is 0. The molecule has 0 aliphatic carbocycles. The van der Waals surface area contributed by atoms with Gasteiger partial charge in [-0.05, 0) is 68.3 Å². The number of hydrogen-bond donors (Lipinski definition) is 3. The van der Waals surface area contributed by atoms with Crippen molar-refractivity contribution in [3.8, 4) is 5.75 Å². The van der Waals surface area contributed by atoms with E-state index in [1.165, 1.54) is 12.1 Å². The number of fused-ring (bicyclic) bond motifs is 1. The Morgan fingerprint density at radius 3 is 2.40 bits per heavy atom. The summed E-state index contributed by atoms with van der Waals surface area (Å²) in [6.07, 6.45) is -4.65. The van der Waals surface area contributed by atoms with Gasteiger partial charge < -0.3 is 15.4 Å². The molecule has 12 heteroatoms. The van der Waals surface area contributed by atoms with E-state index in [1.54, 1.807) is 0 Å². The summed E-state index contributed by atoms with van der Waals surface area (Å²) in [4.78, 5) is 12.6. The first-order valence-corrected chi connectivity index (χ1v) is 14.8. The van der Waals surface area contributed by atoms with Crippen molar-refractivity contribution in [1.29, 1.82) is 0 Å². The number of halogens is 4. The lowest BCUT2D eigenvalue weighted by Gasteiger charge is -2.28. The fourth-order valence-corrected chi connectivity index (χ4v) is 5.79. The number of benzene rings is 3. The lowest BCUT2D eigenvalue weighted by molar-refractivity contribution is -0.137. The van der Waals surface area contributed by atoms with Crippen LogP contribution in [0.15, 0.2) is 71.6 Å². The Morgan fingerprint density at radius 2 is 1.74 bits per heavy atom. The molecule has 0 fully saturated rings. The highest BCUT2D eigenvalue weighted by atomic mass is 32.2. The van der Waals surface area contributed by atoms with Crippen LogP contribution in [0, 0.1) is 5.82 Å². The molecular formula is C30H33F4N3O4S. The van der Waals surface area contributed by atoms with Crippen LogP contribution in [-0.4, -0.2) is 26.5 Å². The minimum Gasteiger partial charge on any atom is -0.493 e. The van der Waals surface area contributed by atoms with Crippen LogP contribution in [0.5, 0.6) is 5.75 Å². The summed E-state index contributed by atoms with van der Waals surface area (Å²) in [5, 5.41) is 6.33. The number of nitrogens with one attached hydrogen (secondary N) is 3. The molecule has 0 saturated heterocycles. The topological polar surface area (TPSA) is 96.5 Å². The van der Waals surface area contributed by atoms with Gasteiger partial charge in [0.25, 0.3) is 0 Å². The first kappa shape index (κ1) is 31.5. The van der Waals surface area contributed by atoms with Crippen LogP contribution in [-0.2, 0) is 27.5 Å². The molecular weight excluding hydrogens is 574 g/mol. The quantitative estimate of drug-likeness (QED) is 0.268. The normalized spacial score (nSPS) is 16.3.